The Morgan fingerprint density at radius 1 is 1.00 bits per heavy atom. The van der Waals surface area contributed by atoms with Crippen LogP contribution < -0.4 is 5.32 Å². The number of thioether (sulfide) groups is 1. The zero-order valence-corrected chi connectivity index (χ0v) is 19.2. The monoisotopic (exact) mass is 461 g/mol. The van der Waals surface area contributed by atoms with E-state index in [1.54, 1.807) is 24.5 Å². The Bertz CT molecular complexity index is 1200. The standard InChI is InChI=1S/C25H24FN5OS/c1-17(20-8-10-22(26)11-9-20)28-24(32)18(2)33-25-30-29-23(21-12-14-27-15-13-21)31(25)16-19-6-4-3-5-7-19/h3-15,17-18H,16H2,1-2H3,(H,28,32). The first-order valence-electron chi connectivity index (χ1n) is 10.6. The van der Waals surface area contributed by atoms with Crippen molar-refractivity contribution >= 4 is 17.7 Å². The van der Waals surface area contributed by atoms with Crippen LogP contribution in [0, 0.1) is 5.82 Å². The SMILES string of the molecule is CC(Sc1nnc(-c2ccncc2)n1Cc1ccccc1)C(=O)NC(C)c1ccc(F)cc1. The van der Waals surface area contributed by atoms with Gasteiger partial charge in [-0.25, -0.2) is 4.39 Å². The van der Waals surface area contributed by atoms with Crippen molar-refractivity contribution in [3.63, 3.8) is 0 Å². The third kappa shape index (κ3) is 5.64. The van der Waals surface area contributed by atoms with Gasteiger partial charge in [-0.1, -0.05) is 54.2 Å². The lowest BCUT2D eigenvalue weighted by Crippen LogP contribution is -2.33. The number of carbonyl (C=O) groups excluding carboxylic acids is 1. The summed E-state index contributed by atoms with van der Waals surface area (Å²) < 4.78 is 15.2. The summed E-state index contributed by atoms with van der Waals surface area (Å²) in [5.41, 5.74) is 2.85. The highest BCUT2D eigenvalue weighted by Crippen LogP contribution is 2.28. The molecule has 168 valence electrons. The van der Waals surface area contributed by atoms with Gasteiger partial charge in [0.05, 0.1) is 17.8 Å². The zero-order chi connectivity index (χ0) is 23.2. The summed E-state index contributed by atoms with van der Waals surface area (Å²) in [6.45, 7) is 4.29. The third-order valence-corrected chi connectivity index (χ3v) is 6.30. The van der Waals surface area contributed by atoms with Crippen molar-refractivity contribution in [1.82, 2.24) is 25.1 Å². The number of rotatable bonds is 8. The normalized spacial score (nSPS) is 12.8. The maximum absolute atomic E-state index is 13.2. The number of aromatic nitrogens is 4. The Morgan fingerprint density at radius 2 is 1.70 bits per heavy atom. The van der Waals surface area contributed by atoms with Crippen molar-refractivity contribution in [1.29, 1.82) is 0 Å². The van der Waals surface area contributed by atoms with Crippen molar-refractivity contribution in [3.05, 3.63) is 96.1 Å². The Balaban J connectivity index is 1.53. The van der Waals surface area contributed by atoms with E-state index < -0.39 is 5.25 Å². The summed E-state index contributed by atoms with van der Waals surface area (Å²) in [4.78, 5) is 17.0. The van der Waals surface area contributed by atoms with Crippen molar-refractivity contribution < 1.29 is 9.18 Å². The van der Waals surface area contributed by atoms with Crippen LogP contribution >= 0.6 is 11.8 Å². The number of nitrogens with one attached hydrogen (secondary N) is 1. The van der Waals surface area contributed by atoms with Crippen LogP contribution in [0.4, 0.5) is 4.39 Å². The molecule has 2 atom stereocenters. The maximum Gasteiger partial charge on any atom is 0.233 e. The quantitative estimate of drug-likeness (QED) is 0.379. The van der Waals surface area contributed by atoms with Gasteiger partial charge in [0.2, 0.25) is 5.91 Å². The lowest BCUT2D eigenvalue weighted by molar-refractivity contribution is -0.120. The van der Waals surface area contributed by atoms with Crippen LogP contribution in [0.2, 0.25) is 0 Å². The average Bonchev–Trinajstić information content (AvgIpc) is 3.22. The van der Waals surface area contributed by atoms with E-state index in [0.717, 1.165) is 22.5 Å². The first-order valence-corrected chi connectivity index (χ1v) is 11.5. The van der Waals surface area contributed by atoms with E-state index in [2.05, 4.69) is 20.5 Å². The molecule has 6 nitrogen and oxygen atoms in total. The second-order valence-corrected chi connectivity index (χ2v) is 8.96. The molecule has 8 heteroatoms. The Morgan fingerprint density at radius 3 is 2.39 bits per heavy atom. The largest absolute Gasteiger partial charge is 0.349 e. The van der Waals surface area contributed by atoms with E-state index >= 15 is 0 Å². The van der Waals surface area contributed by atoms with Crippen LogP contribution in [-0.4, -0.2) is 30.9 Å². The third-order valence-electron chi connectivity index (χ3n) is 5.22. The Kier molecular flexibility index (Phi) is 7.14. The van der Waals surface area contributed by atoms with Crippen LogP contribution in [0.1, 0.15) is 31.0 Å². The highest BCUT2D eigenvalue weighted by molar-refractivity contribution is 8.00. The molecule has 0 fully saturated rings. The maximum atomic E-state index is 13.2. The number of hydrogen-bond donors (Lipinski definition) is 1. The van der Waals surface area contributed by atoms with Crippen LogP contribution in [0.3, 0.4) is 0 Å². The van der Waals surface area contributed by atoms with E-state index in [1.807, 2.05) is 60.9 Å². The minimum absolute atomic E-state index is 0.128. The fourth-order valence-electron chi connectivity index (χ4n) is 3.38. The number of pyridine rings is 1. The summed E-state index contributed by atoms with van der Waals surface area (Å²) in [6, 6.07) is 19.7. The van der Waals surface area contributed by atoms with E-state index in [1.165, 1.54) is 23.9 Å². The van der Waals surface area contributed by atoms with Crippen LogP contribution in [0.15, 0.2) is 84.3 Å². The second-order valence-electron chi connectivity index (χ2n) is 7.66. The van der Waals surface area contributed by atoms with Crippen LogP contribution in [0.25, 0.3) is 11.4 Å². The zero-order valence-electron chi connectivity index (χ0n) is 18.4. The molecule has 0 aliphatic carbocycles. The number of amides is 1. The van der Waals surface area contributed by atoms with Gasteiger partial charge in [0, 0.05) is 18.0 Å². The molecule has 4 aromatic rings. The predicted molar refractivity (Wildman–Crippen MR) is 127 cm³/mol. The first-order chi connectivity index (χ1) is 16.0. The number of nitrogens with zero attached hydrogens (tertiary/aromatic N) is 4. The number of hydrogen-bond acceptors (Lipinski definition) is 5. The molecule has 2 aromatic carbocycles. The van der Waals surface area contributed by atoms with Gasteiger partial charge in [-0.15, -0.1) is 10.2 Å². The van der Waals surface area contributed by atoms with Gasteiger partial charge in [0.15, 0.2) is 11.0 Å². The van der Waals surface area contributed by atoms with Gasteiger partial charge in [0.1, 0.15) is 5.82 Å². The number of benzene rings is 2. The molecule has 33 heavy (non-hydrogen) atoms. The van der Waals surface area contributed by atoms with Crippen molar-refractivity contribution in [2.75, 3.05) is 0 Å². The molecule has 1 amide bonds. The van der Waals surface area contributed by atoms with Crippen molar-refractivity contribution in [2.24, 2.45) is 0 Å². The smallest absolute Gasteiger partial charge is 0.233 e. The average molecular weight is 462 g/mol. The number of halogens is 1. The molecule has 2 aromatic heterocycles. The molecule has 0 saturated heterocycles. The predicted octanol–water partition coefficient (Wildman–Crippen LogP) is 4.89. The van der Waals surface area contributed by atoms with Gasteiger partial charge < -0.3 is 5.32 Å². The summed E-state index contributed by atoms with van der Waals surface area (Å²) in [7, 11) is 0. The lowest BCUT2D eigenvalue weighted by atomic mass is 10.1. The molecule has 0 spiro atoms. The molecular weight excluding hydrogens is 437 g/mol. The fourth-order valence-corrected chi connectivity index (χ4v) is 4.23. The summed E-state index contributed by atoms with van der Waals surface area (Å²) in [5, 5.41) is 12.0. The minimum Gasteiger partial charge on any atom is -0.349 e. The minimum atomic E-state index is -0.406. The first kappa shape index (κ1) is 22.7. The molecule has 0 saturated carbocycles. The molecule has 1 N–H and O–H groups in total. The molecule has 4 rings (SSSR count). The van der Waals surface area contributed by atoms with Gasteiger partial charge in [-0.2, -0.15) is 0 Å². The highest BCUT2D eigenvalue weighted by Gasteiger charge is 2.22. The summed E-state index contributed by atoms with van der Waals surface area (Å²) >= 11 is 1.35. The van der Waals surface area contributed by atoms with Gasteiger partial charge >= 0.3 is 0 Å². The molecule has 0 aliphatic rings. The van der Waals surface area contributed by atoms with E-state index in [9.17, 15) is 9.18 Å². The molecular formula is C25H24FN5OS. The van der Waals surface area contributed by atoms with E-state index in [0.29, 0.717) is 11.7 Å². The highest BCUT2D eigenvalue weighted by atomic mass is 32.2. The van der Waals surface area contributed by atoms with E-state index in [4.69, 9.17) is 0 Å². The fraction of sp³-hybridized carbons (Fsp3) is 0.200. The molecule has 0 radical (unpaired) electrons. The van der Waals surface area contributed by atoms with Gasteiger partial charge in [-0.3, -0.25) is 14.3 Å². The van der Waals surface area contributed by atoms with Crippen LogP contribution in [-0.2, 0) is 11.3 Å². The Labute approximate surface area is 196 Å². The second kappa shape index (κ2) is 10.4. The van der Waals surface area contributed by atoms with Crippen LogP contribution in [0.5, 0.6) is 0 Å². The summed E-state index contributed by atoms with van der Waals surface area (Å²) in [5.74, 6) is 0.288. The Hall–Kier alpha value is -3.52. The molecule has 2 heterocycles. The molecule has 2 unspecified atom stereocenters. The number of carbonyl (C=O) groups is 1. The van der Waals surface area contributed by atoms with Crippen molar-refractivity contribution in [3.8, 4) is 11.4 Å². The van der Waals surface area contributed by atoms with Crippen molar-refractivity contribution in [2.45, 2.75) is 36.8 Å². The molecule has 0 aliphatic heterocycles. The van der Waals surface area contributed by atoms with Gasteiger partial charge in [-0.05, 0) is 49.2 Å². The topological polar surface area (TPSA) is 72.7 Å². The van der Waals surface area contributed by atoms with E-state index in [-0.39, 0.29) is 17.8 Å². The van der Waals surface area contributed by atoms with Gasteiger partial charge in [0.25, 0.3) is 0 Å². The molecule has 0 bridgehead atoms. The lowest BCUT2D eigenvalue weighted by Gasteiger charge is -2.18. The summed E-state index contributed by atoms with van der Waals surface area (Å²) in [6.07, 6.45) is 3.44.